The highest BCUT2D eigenvalue weighted by atomic mass is 32.2. The van der Waals surface area contributed by atoms with Gasteiger partial charge in [-0.15, -0.1) is 23.1 Å². The molecule has 9 heteroatoms. The van der Waals surface area contributed by atoms with Gasteiger partial charge in [0.15, 0.2) is 0 Å². The van der Waals surface area contributed by atoms with Gasteiger partial charge < -0.3 is 0 Å². The minimum Gasteiger partial charge on any atom is -0.264 e. The Morgan fingerprint density at radius 3 is 2.69 bits per heavy atom. The van der Waals surface area contributed by atoms with Gasteiger partial charge in [-0.3, -0.25) is 4.31 Å². The smallest absolute Gasteiger partial charge is 0.264 e. The van der Waals surface area contributed by atoms with Gasteiger partial charge in [0.25, 0.3) is 10.0 Å². The summed E-state index contributed by atoms with van der Waals surface area (Å²) >= 11 is 3.17. The van der Waals surface area contributed by atoms with Crippen molar-refractivity contribution in [3.05, 3.63) is 60.1 Å². The Morgan fingerprint density at radius 2 is 1.86 bits per heavy atom. The van der Waals surface area contributed by atoms with Gasteiger partial charge in [0.1, 0.15) is 6.33 Å². The number of nitrogens with zero attached hydrogens (tertiary/aromatic N) is 4. The van der Waals surface area contributed by atoms with Crippen molar-refractivity contribution in [2.75, 3.05) is 16.6 Å². The number of benzene rings is 2. The van der Waals surface area contributed by atoms with Gasteiger partial charge in [0.05, 0.1) is 25.8 Å². The summed E-state index contributed by atoms with van der Waals surface area (Å²) < 4.78 is 29.4. The SMILES string of the molecule is Cc1nc2ccc(S(=O)(=O)N3CCSc4ccc(-c5cncnc5)cc43)cc2s1. The molecule has 0 bridgehead atoms. The predicted molar refractivity (Wildman–Crippen MR) is 117 cm³/mol. The fourth-order valence-electron chi connectivity index (χ4n) is 3.38. The van der Waals surface area contributed by atoms with Crippen molar-refractivity contribution in [1.82, 2.24) is 15.0 Å². The Morgan fingerprint density at radius 1 is 1.03 bits per heavy atom. The molecule has 5 rings (SSSR count). The van der Waals surface area contributed by atoms with Gasteiger partial charge in [0, 0.05) is 35.2 Å². The Labute approximate surface area is 176 Å². The standard InChI is InChI=1S/C20H16N4O2S3/c1-13-23-17-4-3-16(9-20(17)28-13)29(25,26)24-6-7-27-19-5-2-14(8-18(19)24)15-10-21-12-22-11-15/h2-5,8-12H,6-7H2,1H3. The highest BCUT2D eigenvalue weighted by Gasteiger charge is 2.30. The molecule has 0 unspecified atom stereocenters. The van der Waals surface area contributed by atoms with Crippen LogP contribution in [0, 0.1) is 6.92 Å². The molecule has 0 radical (unpaired) electrons. The Hall–Kier alpha value is -2.49. The van der Waals surface area contributed by atoms with Crippen LogP contribution in [-0.2, 0) is 10.0 Å². The molecule has 3 heterocycles. The molecule has 146 valence electrons. The summed E-state index contributed by atoms with van der Waals surface area (Å²) in [6.45, 7) is 2.35. The van der Waals surface area contributed by atoms with Crippen LogP contribution >= 0.6 is 23.1 Å². The lowest BCUT2D eigenvalue weighted by Crippen LogP contribution is -2.35. The van der Waals surface area contributed by atoms with E-state index in [4.69, 9.17) is 0 Å². The number of hydrogen-bond acceptors (Lipinski definition) is 7. The number of aryl methyl sites for hydroxylation is 1. The first-order chi connectivity index (χ1) is 14.0. The Balaban J connectivity index is 1.61. The molecule has 1 aliphatic rings. The Bertz CT molecular complexity index is 1320. The molecule has 29 heavy (non-hydrogen) atoms. The molecule has 2 aromatic carbocycles. The molecule has 0 aliphatic carbocycles. The summed E-state index contributed by atoms with van der Waals surface area (Å²) in [5.41, 5.74) is 3.26. The van der Waals surface area contributed by atoms with Crippen molar-refractivity contribution < 1.29 is 8.42 Å². The second kappa shape index (κ2) is 7.08. The van der Waals surface area contributed by atoms with Crippen molar-refractivity contribution in [2.45, 2.75) is 16.7 Å². The van der Waals surface area contributed by atoms with Crippen LogP contribution < -0.4 is 4.31 Å². The van der Waals surface area contributed by atoms with E-state index >= 15 is 0 Å². The Kier molecular flexibility index (Phi) is 4.53. The van der Waals surface area contributed by atoms with E-state index in [0.29, 0.717) is 22.9 Å². The van der Waals surface area contributed by atoms with Crippen LogP contribution in [0.15, 0.2) is 64.9 Å². The van der Waals surface area contributed by atoms with E-state index in [2.05, 4.69) is 15.0 Å². The van der Waals surface area contributed by atoms with E-state index in [0.717, 1.165) is 31.2 Å². The molecule has 0 saturated heterocycles. The van der Waals surface area contributed by atoms with Crippen LogP contribution in [0.2, 0.25) is 0 Å². The van der Waals surface area contributed by atoms with Crippen molar-refractivity contribution in [3.63, 3.8) is 0 Å². The number of aromatic nitrogens is 3. The molecular weight excluding hydrogens is 424 g/mol. The summed E-state index contributed by atoms with van der Waals surface area (Å²) in [7, 11) is -3.69. The summed E-state index contributed by atoms with van der Waals surface area (Å²) in [4.78, 5) is 13.8. The van der Waals surface area contributed by atoms with Crippen LogP contribution in [-0.4, -0.2) is 35.7 Å². The third-order valence-electron chi connectivity index (χ3n) is 4.73. The van der Waals surface area contributed by atoms with E-state index in [9.17, 15) is 8.42 Å². The van der Waals surface area contributed by atoms with Gasteiger partial charge in [-0.2, -0.15) is 0 Å². The zero-order valence-electron chi connectivity index (χ0n) is 15.4. The second-order valence-electron chi connectivity index (χ2n) is 6.60. The summed E-state index contributed by atoms with van der Waals surface area (Å²) in [6.07, 6.45) is 4.93. The molecule has 4 aromatic rings. The maximum absolute atomic E-state index is 13.5. The van der Waals surface area contributed by atoms with Crippen molar-refractivity contribution >= 4 is 49.0 Å². The van der Waals surface area contributed by atoms with E-state index < -0.39 is 10.0 Å². The van der Waals surface area contributed by atoms with Gasteiger partial charge in [-0.25, -0.2) is 23.4 Å². The van der Waals surface area contributed by atoms with E-state index in [-0.39, 0.29) is 0 Å². The number of thioether (sulfide) groups is 1. The molecule has 0 atom stereocenters. The van der Waals surface area contributed by atoms with Crippen molar-refractivity contribution in [1.29, 1.82) is 0 Å². The zero-order chi connectivity index (χ0) is 20.0. The van der Waals surface area contributed by atoms with E-state index in [1.165, 1.54) is 22.0 Å². The van der Waals surface area contributed by atoms with Gasteiger partial charge >= 0.3 is 0 Å². The second-order valence-corrected chi connectivity index (χ2v) is 10.8. The summed E-state index contributed by atoms with van der Waals surface area (Å²) in [5, 5.41) is 0.920. The molecule has 2 aromatic heterocycles. The number of sulfonamides is 1. The van der Waals surface area contributed by atoms with Crippen LogP contribution in [0.25, 0.3) is 21.3 Å². The molecule has 0 saturated carbocycles. The van der Waals surface area contributed by atoms with E-state index in [1.54, 1.807) is 42.4 Å². The molecule has 1 aliphatic heterocycles. The number of fused-ring (bicyclic) bond motifs is 2. The van der Waals surface area contributed by atoms with Gasteiger partial charge in [-0.05, 0) is 42.8 Å². The van der Waals surface area contributed by atoms with Gasteiger partial charge in [0.2, 0.25) is 0 Å². The fraction of sp³-hybridized carbons (Fsp3) is 0.150. The molecular formula is C20H16N4O2S3. The average molecular weight is 441 g/mol. The van der Waals surface area contributed by atoms with Crippen LogP contribution in [0.3, 0.4) is 0 Å². The first kappa shape index (κ1) is 18.5. The van der Waals surface area contributed by atoms with E-state index in [1.807, 2.05) is 25.1 Å². The molecule has 0 N–H and O–H groups in total. The molecule has 6 nitrogen and oxygen atoms in total. The highest BCUT2D eigenvalue weighted by molar-refractivity contribution is 8.00. The van der Waals surface area contributed by atoms with Crippen LogP contribution in [0.1, 0.15) is 5.01 Å². The largest absolute Gasteiger partial charge is 0.264 e. The zero-order valence-corrected chi connectivity index (χ0v) is 17.9. The van der Waals surface area contributed by atoms with Crippen molar-refractivity contribution in [2.24, 2.45) is 0 Å². The van der Waals surface area contributed by atoms with Crippen molar-refractivity contribution in [3.8, 4) is 11.1 Å². The van der Waals surface area contributed by atoms with Crippen LogP contribution in [0.5, 0.6) is 0 Å². The maximum Gasteiger partial charge on any atom is 0.264 e. The monoisotopic (exact) mass is 440 g/mol. The number of hydrogen-bond donors (Lipinski definition) is 0. The quantitative estimate of drug-likeness (QED) is 0.471. The normalized spacial score (nSPS) is 14.2. The lowest BCUT2D eigenvalue weighted by Gasteiger charge is -2.30. The topological polar surface area (TPSA) is 76.1 Å². The first-order valence-corrected chi connectivity index (χ1v) is 12.2. The molecule has 0 spiro atoms. The lowest BCUT2D eigenvalue weighted by molar-refractivity contribution is 0.591. The third-order valence-corrected chi connectivity index (χ3v) is 8.51. The van der Waals surface area contributed by atoms with Crippen LogP contribution in [0.4, 0.5) is 5.69 Å². The maximum atomic E-state index is 13.5. The number of thiazole rings is 1. The third kappa shape index (κ3) is 3.29. The molecule has 0 fully saturated rings. The number of rotatable bonds is 3. The fourth-order valence-corrected chi connectivity index (χ4v) is 6.97. The van der Waals surface area contributed by atoms with Gasteiger partial charge in [-0.1, -0.05) is 6.07 Å². The molecule has 0 amide bonds. The first-order valence-electron chi connectivity index (χ1n) is 8.94. The summed E-state index contributed by atoms with van der Waals surface area (Å²) in [5.74, 6) is 0.710. The average Bonchev–Trinajstić information content (AvgIpc) is 3.12. The number of anilines is 1. The lowest BCUT2D eigenvalue weighted by atomic mass is 10.1. The minimum absolute atomic E-state index is 0.292. The minimum atomic E-state index is -3.69. The summed E-state index contributed by atoms with van der Waals surface area (Å²) in [6, 6.07) is 11.0. The predicted octanol–water partition coefficient (Wildman–Crippen LogP) is 4.36. The highest BCUT2D eigenvalue weighted by Crippen LogP contribution is 2.40.